The highest BCUT2D eigenvalue weighted by Gasteiger charge is 2.37. The van der Waals surface area contributed by atoms with Crippen LogP contribution in [0.1, 0.15) is 29.9 Å². The number of hydrogen-bond acceptors (Lipinski definition) is 5. The van der Waals surface area contributed by atoms with Crippen LogP contribution in [-0.2, 0) is 9.53 Å². The normalized spacial score (nSPS) is 13.4. The van der Waals surface area contributed by atoms with E-state index in [1.54, 1.807) is 26.0 Å². The molecular weight excluding hydrogens is 274 g/mol. The number of aromatic amines is 2. The number of esters is 1. The minimum absolute atomic E-state index is 0.157. The standard InChI is InChI=1S/C14H15N3O4/c1-3-20-14(19)9(7-15)12(10-5-4-6-21-10)11-8(2)16-17-13(11)18/h4-6,9,12H,3H2,1-2H3,(H2,16,17,18)/t9-,12+/m0/s1. The van der Waals surface area contributed by atoms with E-state index < -0.39 is 23.4 Å². The molecule has 0 aromatic carbocycles. The maximum absolute atomic E-state index is 12.0. The topological polar surface area (TPSA) is 112 Å². The fourth-order valence-corrected chi connectivity index (χ4v) is 2.27. The lowest BCUT2D eigenvalue weighted by atomic mass is 9.85. The van der Waals surface area contributed by atoms with Crippen molar-refractivity contribution in [1.29, 1.82) is 5.26 Å². The second kappa shape index (κ2) is 6.13. The third kappa shape index (κ3) is 2.74. The molecular formula is C14H15N3O4. The number of ether oxygens (including phenoxy) is 1. The Morgan fingerprint density at radius 2 is 2.29 bits per heavy atom. The Labute approximate surface area is 120 Å². The summed E-state index contributed by atoms with van der Waals surface area (Å²) in [4.78, 5) is 24.0. The minimum atomic E-state index is -1.16. The lowest BCUT2D eigenvalue weighted by molar-refractivity contribution is -0.146. The number of nitriles is 1. The number of H-pyrrole nitrogens is 2. The molecule has 2 aromatic heterocycles. The number of carbonyl (C=O) groups excluding carboxylic acids is 1. The van der Waals surface area contributed by atoms with Crippen LogP contribution in [0.2, 0.25) is 0 Å². The Morgan fingerprint density at radius 3 is 2.76 bits per heavy atom. The number of hydrogen-bond donors (Lipinski definition) is 2. The molecule has 2 rings (SSSR count). The Kier molecular flexibility index (Phi) is 4.28. The Hall–Kier alpha value is -2.75. The van der Waals surface area contributed by atoms with E-state index in [0.29, 0.717) is 17.0 Å². The van der Waals surface area contributed by atoms with E-state index in [-0.39, 0.29) is 6.61 Å². The average Bonchev–Trinajstić information content (AvgIpc) is 3.08. The summed E-state index contributed by atoms with van der Waals surface area (Å²) in [5.74, 6) is -2.30. The van der Waals surface area contributed by atoms with Crippen LogP contribution < -0.4 is 5.56 Å². The van der Waals surface area contributed by atoms with Crippen LogP contribution in [-0.4, -0.2) is 22.8 Å². The molecule has 0 fully saturated rings. The van der Waals surface area contributed by atoms with E-state index in [4.69, 9.17) is 9.15 Å². The molecule has 0 amide bonds. The van der Waals surface area contributed by atoms with Gasteiger partial charge in [-0.25, -0.2) is 0 Å². The fourth-order valence-electron chi connectivity index (χ4n) is 2.27. The smallest absolute Gasteiger partial charge is 0.324 e. The van der Waals surface area contributed by atoms with Gasteiger partial charge in [0.2, 0.25) is 0 Å². The monoisotopic (exact) mass is 289 g/mol. The molecule has 21 heavy (non-hydrogen) atoms. The summed E-state index contributed by atoms with van der Waals surface area (Å²) in [7, 11) is 0. The second-order valence-electron chi connectivity index (χ2n) is 4.47. The SMILES string of the molecule is CCOC(=O)[C@@H](C#N)[C@H](c1ccco1)c1c(C)[nH][nH]c1=O. The molecule has 0 saturated heterocycles. The first-order chi connectivity index (χ1) is 10.1. The minimum Gasteiger partial charge on any atom is -0.469 e. The lowest BCUT2D eigenvalue weighted by Gasteiger charge is -2.17. The van der Waals surface area contributed by atoms with Crippen LogP contribution in [0.15, 0.2) is 27.6 Å². The number of aryl methyl sites for hydroxylation is 1. The number of nitrogens with one attached hydrogen (secondary N) is 2. The molecule has 7 heteroatoms. The van der Waals surface area contributed by atoms with Crippen molar-refractivity contribution in [2.45, 2.75) is 19.8 Å². The number of aromatic nitrogens is 2. The van der Waals surface area contributed by atoms with Crippen molar-refractivity contribution in [2.75, 3.05) is 6.61 Å². The van der Waals surface area contributed by atoms with Gasteiger partial charge in [-0.15, -0.1) is 0 Å². The van der Waals surface area contributed by atoms with Gasteiger partial charge >= 0.3 is 5.97 Å². The van der Waals surface area contributed by atoms with E-state index in [9.17, 15) is 14.9 Å². The first-order valence-corrected chi connectivity index (χ1v) is 6.46. The summed E-state index contributed by atoms with van der Waals surface area (Å²) >= 11 is 0. The number of furan rings is 1. The molecule has 0 unspecified atom stereocenters. The highest BCUT2D eigenvalue weighted by atomic mass is 16.5. The molecule has 2 N–H and O–H groups in total. The van der Waals surface area contributed by atoms with Gasteiger partial charge in [-0.1, -0.05) is 0 Å². The van der Waals surface area contributed by atoms with E-state index in [1.807, 2.05) is 6.07 Å². The summed E-state index contributed by atoms with van der Waals surface area (Å²) < 4.78 is 10.2. The largest absolute Gasteiger partial charge is 0.469 e. The van der Waals surface area contributed by atoms with Crippen molar-refractivity contribution < 1.29 is 13.9 Å². The van der Waals surface area contributed by atoms with Crippen molar-refractivity contribution in [3.8, 4) is 6.07 Å². The van der Waals surface area contributed by atoms with Gasteiger partial charge in [-0.2, -0.15) is 5.26 Å². The van der Waals surface area contributed by atoms with E-state index >= 15 is 0 Å². The molecule has 0 aliphatic rings. The molecule has 0 spiro atoms. The molecule has 2 atom stereocenters. The maximum Gasteiger partial charge on any atom is 0.324 e. The van der Waals surface area contributed by atoms with Gasteiger partial charge in [-0.05, 0) is 26.0 Å². The third-order valence-electron chi connectivity index (χ3n) is 3.19. The van der Waals surface area contributed by atoms with Crippen LogP contribution in [0.5, 0.6) is 0 Å². The lowest BCUT2D eigenvalue weighted by Crippen LogP contribution is -2.27. The molecule has 2 heterocycles. The summed E-state index contributed by atoms with van der Waals surface area (Å²) in [5, 5.41) is 14.5. The maximum atomic E-state index is 12.0. The first-order valence-electron chi connectivity index (χ1n) is 6.46. The van der Waals surface area contributed by atoms with Gasteiger partial charge < -0.3 is 14.3 Å². The molecule has 2 aromatic rings. The zero-order valence-corrected chi connectivity index (χ0v) is 11.7. The van der Waals surface area contributed by atoms with Crippen molar-refractivity contribution in [2.24, 2.45) is 5.92 Å². The zero-order chi connectivity index (χ0) is 15.4. The summed E-state index contributed by atoms with van der Waals surface area (Å²) in [5.41, 5.74) is 0.453. The van der Waals surface area contributed by atoms with E-state index in [0.717, 1.165) is 0 Å². The van der Waals surface area contributed by atoms with E-state index in [1.165, 1.54) is 6.26 Å². The van der Waals surface area contributed by atoms with Crippen molar-refractivity contribution in [3.63, 3.8) is 0 Å². The Morgan fingerprint density at radius 1 is 1.52 bits per heavy atom. The predicted molar refractivity (Wildman–Crippen MR) is 72.4 cm³/mol. The highest BCUT2D eigenvalue weighted by molar-refractivity contribution is 5.77. The first kappa shape index (κ1) is 14.7. The molecule has 0 saturated carbocycles. The van der Waals surface area contributed by atoms with Gasteiger partial charge in [0.15, 0.2) is 5.92 Å². The van der Waals surface area contributed by atoms with Gasteiger partial charge in [0.25, 0.3) is 5.56 Å². The zero-order valence-electron chi connectivity index (χ0n) is 11.7. The third-order valence-corrected chi connectivity index (χ3v) is 3.19. The van der Waals surface area contributed by atoms with Crippen molar-refractivity contribution >= 4 is 5.97 Å². The molecule has 110 valence electrons. The molecule has 0 bridgehead atoms. The summed E-state index contributed by atoms with van der Waals surface area (Å²) in [6.45, 7) is 3.50. The summed E-state index contributed by atoms with van der Waals surface area (Å²) in [6.07, 6.45) is 1.43. The molecule has 7 nitrogen and oxygen atoms in total. The van der Waals surface area contributed by atoms with Crippen LogP contribution in [0, 0.1) is 24.2 Å². The van der Waals surface area contributed by atoms with Gasteiger partial charge in [0.05, 0.1) is 30.4 Å². The van der Waals surface area contributed by atoms with Gasteiger partial charge in [-0.3, -0.25) is 14.7 Å². The van der Waals surface area contributed by atoms with E-state index in [2.05, 4.69) is 10.2 Å². The Bertz CT molecular complexity index is 705. The van der Waals surface area contributed by atoms with Crippen LogP contribution in [0.25, 0.3) is 0 Å². The predicted octanol–water partition coefficient (Wildman–Crippen LogP) is 1.44. The highest BCUT2D eigenvalue weighted by Crippen LogP contribution is 2.32. The number of carbonyl (C=O) groups is 1. The Balaban J connectivity index is 2.55. The van der Waals surface area contributed by atoms with Crippen LogP contribution in [0.3, 0.4) is 0 Å². The molecule has 0 aliphatic heterocycles. The molecule has 0 aliphatic carbocycles. The molecule has 0 radical (unpaired) electrons. The summed E-state index contributed by atoms with van der Waals surface area (Å²) in [6, 6.07) is 5.18. The van der Waals surface area contributed by atoms with Crippen molar-refractivity contribution in [1.82, 2.24) is 10.2 Å². The second-order valence-corrected chi connectivity index (χ2v) is 4.47. The quantitative estimate of drug-likeness (QED) is 0.809. The number of nitrogens with zero attached hydrogens (tertiary/aromatic N) is 1. The van der Waals surface area contributed by atoms with Gasteiger partial charge in [0, 0.05) is 5.69 Å². The number of rotatable bonds is 5. The van der Waals surface area contributed by atoms with Gasteiger partial charge in [0.1, 0.15) is 5.76 Å². The van der Waals surface area contributed by atoms with Crippen LogP contribution >= 0.6 is 0 Å². The van der Waals surface area contributed by atoms with Crippen LogP contribution in [0.4, 0.5) is 0 Å². The fraction of sp³-hybridized carbons (Fsp3) is 0.357. The van der Waals surface area contributed by atoms with Crippen molar-refractivity contribution in [3.05, 3.63) is 45.8 Å². The average molecular weight is 289 g/mol.